The molecule has 0 aromatic heterocycles. The summed E-state index contributed by atoms with van der Waals surface area (Å²) >= 11 is 0. The predicted molar refractivity (Wildman–Crippen MR) is 86.8 cm³/mol. The zero-order valence-corrected chi connectivity index (χ0v) is 13.7. The highest BCUT2D eigenvalue weighted by molar-refractivity contribution is 5.81. The van der Waals surface area contributed by atoms with Crippen LogP contribution in [-0.2, 0) is 10.2 Å². The molecule has 0 radical (unpaired) electrons. The number of ether oxygens (including phenoxy) is 1. The highest BCUT2D eigenvalue weighted by Gasteiger charge is 2.20. The average molecular weight is 288 g/mol. The van der Waals surface area contributed by atoms with Crippen LogP contribution in [0.2, 0.25) is 0 Å². The van der Waals surface area contributed by atoms with Crippen molar-refractivity contribution in [2.24, 2.45) is 5.92 Å². The Balaban J connectivity index is 1.82. The Morgan fingerprint density at radius 1 is 1.19 bits per heavy atom. The van der Waals surface area contributed by atoms with E-state index in [1.807, 2.05) is 12.1 Å². The lowest BCUT2D eigenvalue weighted by atomic mass is 9.85. The molecule has 0 saturated heterocycles. The second kappa shape index (κ2) is 7.11. The number of hydrogen-bond acceptors (Lipinski definition) is 2. The van der Waals surface area contributed by atoms with E-state index in [0.29, 0.717) is 24.7 Å². The van der Waals surface area contributed by atoms with Crippen LogP contribution >= 0.6 is 0 Å². The molecule has 0 heterocycles. The third-order valence-electron chi connectivity index (χ3n) is 4.38. The Morgan fingerprint density at radius 2 is 1.90 bits per heavy atom. The van der Waals surface area contributed by atoms with Gasteiger partial charge in [0.15, 0.2) is 0 Å². The zero-order chi connectivity index (χ0) is 15.3. The average Bonchev–Trinajstić information content (AvgIpc) is 2.47. The van der Waals surface area contributed by atoms with Gasteiger partial charge in [0.25, 0.3) is 0 Å². The molecular formula is C19H28O2. The van der Waals surface area contributed by atoms with Gasteiger partial charge >= 0.3 is 0 Å². The number of ketones is 1. The van der Waals surface area contributed by atoms with Crippen molar-refractivity contribution >= 4 is 5.78 Å². The van der Waals surface area contributed by atoms with Crippen LogP contribution in [0.5, 0.6) is 5.75 Å². The third kappa shape index (κ3) is 4.87. The molecule has 2 nitrogen and oxygen atoms in total. The lowest BCUT2D eigenvalue weighted by Crippen LogP contribution is -2.19. The van der Waals surface area contributed by atoms with Crippen molar-refractivity contribution in [2.45, 2.75) is 64.7 Å². The first-order valence-corrected chi connectivity index (χ1v) is 8.23. The van der Waals surface area contributed by atoms with Crippen molar-refractivity contribution in [3.8, 4) is 5.75 Å². The molecule has 1 aliphatic rings. The van der Waals surface area contributed by atoms with Gasteiger partial charge in [0.1, 0.15) is 11.5 Å². The van der Waals surface area contributed by atoms with Crippen molar-refractivity contribution in [2.75, 3.05) is 6.61 Å². The second-order valence-corrected chi connectivity index (χ2v) is 7.18. The standard InChI is InChI=1S/C19H28O2/c1-19(2,3)16-10-7-11-17(14-16)21-13-12-18(20)15-8-5-4-6-9-15/h7,10-11,14-15H,4-6,8-9,12-13H2,1-3H3. The molecule has 0 aliphatic heterocycles. The van der Waals surface area contributed by atoms with E-state index in [9.17, 15) is 4.79 Å². The van der Waals surface area contributed by atoms with E-state index >= 15 is 0 Å². The van der Waals surface area contributed by atoms with Gasteiger partial charge < -0.3 is 4.74 Å². The molecule has 0 unspecified atom stereocenters. The molecule has 1 aromatic rings. The topological polar surface area (TPSA) is 26.3 Å². The van der Waals surface area contributed by atoms with Crippen LogP contribution in [0.4, 0.5) is 0 Å². The van der Waals surface area contributed by atoms with E-state index < -0.39 is 0 Å². The number of Topliss-reactive ketones (excluding diaryl/α,β-unsaturated/α-hetero) is 1. The molecule has 116 valence electrons. The minimum atomic E-state index is 0.122. The van der Waals surface area contributed by atoms with E-state index in [-0.39, 0.29) is 5.41 Å². The van der Waals surface area contributed by atoms with E-state index in [1.54, 1.807) is 0 Å². The normalized spacial score (nSPS) is 16.7. The first kappa shape index (κ1) is 16.1. The summed E-state index contributed by atoms with van der Waals surface area (Å²) in [6.45, 7) is 7.08. The summed E-state index contributed by atoms with van der Waals surface area (Å²) in [7, 11) is 0. The fourth-order valence-corrected chi connectivity index (χ4v) is 2.95. The molecule has 2 heteroatoms. The van der Waals surface area contributed by atoms with Crippen LogP contribution in [0, 0.1) is 5.92 Å². The van der Waals surface area contributed by atoms with E-state index in [4.69, 9.17) is 4.74 Å². The van der Waals surface area contributed by atoms with Gasteiger partial charge in [-0.05, 0) is 36.0 Å². The Labute approximate surface area is 128 Å². The molecule has 2 rings (SSSR count). The van der Waals surface area contributed by atoms with E-state index in [0.717, 1.165) is 18.6 Å². The van der Waals surface area contributed by atoms with Gasteiger partial charge in [0, 0.05) is 12.3 Å². The Morgan fingerprint density at radius 3 is 2.57 bits per heavy atom. The summed E-state index contributed by atoms with van der Waals surface area (Å²) in [4.78, 5) is 12.1. The molecule has 21 heavy (non-hydrogen) atoms. The molecule has 1 saturated carbocycles. The largest absolute Gasteiger partial charge is 0.493 e. The molecular weight excluding hydrogens is 260 g/mol. The highest BCUT2D eigenvalue weighted by Crippen LogP contribution is 2.27. The van der Waals surface area contributed by atoms with Crippen LogP contribution in [0.25, 0.3) is 0 Å². The zero-order valence-electron chi connectivity index (χ0n) is 13.7. The van der Waals surface area contributed by atoms with Gasteiger partial charge in [-0.15, -0.1) is 0 Å². The first-order valence-electron chi connectivity index (χ1n) is 8.23. The van der Waals surface area contributed by atoms with Gasteiger partial charge in [-0.25, -0.2) is 0 Å². The van der Waals surface area contributed by atoms with Crippen LogP contribution < -0.4 is 4.74 Å². The molecule has 0 atom stereocenters. The molecule has 1 aromatic carbocycles. The van der Waals surface area contributed by atoms with Gasteiger partial charge in [0.2, 0.25) is 0 Å². The number of hydrogen-bond donors (Lipinski definition) is 0. The highest BCUT2D eigenvalue weighted by atomic mass is 16.5. The summed E-state index contributed by atoms with van der Waals surface area (Å²) in [6.07, 6.45) is 6.43. The van der Waals surface area contributed by atoms with Crippen molar-refractivity contribution in [3.05, 3.63) is 29.8 Å². The van der Waals surface area contributed by atoms with Crippen LogP contribution in [0.1, 0.15) is 64.9 Å². The maximum Gasteiger partial charge on any atom is 0.139 e. The number of carbonyl (C=O) groups is 1. The van der Waals surface area contributed by atoms with Crippen molar-refractivity contribution in [3.63, 3.8) is 0 Å². The minimum Gasteiger partial charge on any atom is -0.493 e. The van der Waals surface area contributed by atoms with Gasteiger partial charge in [-0.3, -0.25) is 4.79 Å². The van der Waals surface area contributed by atoms with Crippen molar-refractivity contribution in [1.82, 2.24) is 0 Å². The number of benzene rings is 1. The maximum atomic E-state index is 12.1. The Hall–Kier alpha value is -1.31. The quantitative estimate of drug-likeness (QED) is 0.770. The van der Waals surface area contributed by atoms with Crippen LogP contribution in [-0.4, -0.2) is 12.4 Å². The Kier molecular flexibility index (Phi) is 5.44. The van der Waals surface area contributed by atoms with E-state index in [2.05, 4.69) is 32.9 Å². The second-order valence-electron chi connectivity index (χ2n) is 7.18. The fourth-order valence-electron chi connectivity index (χ4n) is 2.95. The molecule has 0 spiro atoms. The molecule has 0 N–H and O–H groups in total. The molecule has 0 bridgehead atoms. The summed E-state index contributed by atoms with van der Waals surface area (Å²) in [5, 5.41) is 0. The van der Waals surface area contributed by atoms with Crippen LogP contribution in [0.3, 0.4) is 0 Å². The maximum absolute atomic E-state index is 12.1. The summed E-state index contributed by atoms with van der Waals surface area (Å²) in [6, 6.07) is 8.21. The summed E-state index contributed by atoms with van der Waals surface area (Å²) in [5.41, 5.74) is 1.38. The fraction of sp³-hybridized carbons (Fsp3) is 0.632. The lowest BCUT2D eigenvalue weighted by molar-refractivity contribution is -0.124. The predicted octanol–water partition coefficient (Wildman–Crippen LogP) is 4.90. The number of rotatable bonds is 5. The van der Waals surface area contributed by atoms with E-state index in [1.165, 1.54) is 24.8 Å². The first-order chi connectivity index (χ1) is 9.97. The molecule has 1 aliphatic carbocycles. The van der Waals surface area contributed by atoms with Gasteiger partial charge in [0.05, 0.1) is 6.61 Å². The van der Waals surface area contributed by atoms with Crippen molar-refractivity contribution < 1.29 is 9.53 Å². The SMILES string of the molecule is CC(C)(C)c1cccc(OCCC(=O)C2CCCCC2)c1. The van der Waals surface area contributed by atoms with Crippen LogP contribution in [0.15, 0.2) is 24.3 Å². The summed E-state index contributed by atoms with van der Waals surface area (Å²) < 4.78 is 5.78. The van der Waals surface area contributed by atoms with Gasteiger partial charge in [-0.2, -0.15) is 0 Å². The Bertz CT molecular complexity index is 465. The monoisotopic (exact) mass is 288 g/mol. The van der Waals surface area contributed by atoms with Crippen molar-refractivity contribution in [1.29, 1.82) is 0 Å². The minimum absolute atomic E-state index is 0.122. The lowest BCUT2D eigenvalue weighted by Gasteiger charge is -2.21. The third-order valence-corrected chi connectivity index (χ3v) is 4.38. The smallest absolute Gasteiger partial charge is 0.139 e. The van der Waals surface area contributed by atoms with Gasteiger partial charge in [-0.1, -0.05) is 52.2 Å². The molecule has 1 fully saturated rings. The summed E-state index contributed by atoms with van der Waals surface area (Å²) in [5.74, 6) is 1.56. The molecule has 0 amide bonds. The number of carbonyl (C=O) groups excluding carboxylic acids is 1.